The topological polar surface area (TPSA) is 25.2 Å². The lowest BCUT2D eigenvalue weighted by Crippen LogP contribution is -2.34. The molecule has 0 radical (unpaired) electrons. The van der Waals surface area contributed by atoms with Crippen LogP contribution in [0.15, 0.2) is 18.3 Å². The Morgan fingerprint density at radius 3 is 2.71 bits per heavy atom. The van der Waals surface area contributed by atoms with E-state index < -0.39 is 0 Å². The van der Waals surface area contributed by atoms with E-state index in [1.165, 1.54) is 25.7 Å². The zero-order valence-electron chi connectivity index (χ0n) is 10.4. The Hall–Kier alpha value is -1.09. The number of Topliss-reactive ketones (excluding diaryl/α,β-unsaturated/α-hetero) is 1. The number of hydrogen-bond acceptors (Lipinski definition) is 2. The normalized spacial score (nSPS) is 19.9. The maximum atomic E-state index is 12.2. The molecule has 0 N–H and O–H groups in total. The van der Waals surface area contributed by atoms with Crippen LogP contribution in [0.1, 0.15) is 36.2 Å². The number of rotatable bonds is 6. The number of hydrogen-bond donors (Lipinski definition) is 0. The summed E-state index contributed by atoms with van der Waals surface area (Å²) in [5, 5.41) is 0. The molecule has 2 aliphatic rings. The van der Waals surface area contributed by atoms with E-state index in [-0.39, 0.29) is 5.78 Å². The van der Waals surface area contributed by atoms with Crippen molar-refractivity contribution in [2.45, 2.75) is 31.7 Å². The van der Waals surface area contributed by atoms with Crippen LogP contribution >= 0.6 is 0 Å². The quantitative estimate of drug-likeness (QED) is 0.702. The van der Waals surface area contributed by atoms with Crippen molar-refractivity contribution >= 4 is 5.78 Å². The van der Waals surface area contributed by atoms with Gasteiger partial charge in [-0.05, 0) is 43.7 Å². The third-order valence-electron chi connectivity index (χ3n) is 3.83. The van der Waals surface area contributed by atoms with Gasteiger partial charge in [0, 0.05) is 25.8 Å². The first kappa shape index (κ1) is 11.0. The van der Waals surface area contributed by atoms with Crippen molar-refractivity contribution in [3.05, 3.63) is 24.0 Å². The van der Waals surface area contributed by atoms with Gasteiger partial charge in [0.15, 0.2) is 5.78 Å². The summed E-state index contributed by atoms with van der Waals surface area (Å²) in [6.07, 6.45) is 7.24. The van der Waals surface area contributed by atoms with E-state index in [2.05, 4.69) is 4.90 Å². The first-order valence-electron chi connectivity index (χ1n) is 6.62. The van der Waals surface area contributed by atoms with Crippen LogP contribution < -0.4 is 0 Å². The van der Waals surface area contributed by atoms with Crippen molar-refractivity contribution in [3.8, 4) is 0 Å². The van der Waals surface area contributed by atoms with E-state index in [4.69, 9.17) is 0 Å². The first-order chi connectivity index (χ1) is 8.24. The van der Waals surface area contributed by atoms with Crippen LogP contribution in [-0.4, -0.2) is 34.4 Å². The van der Waals surface area contributed by atoms with Crippen LogP contribution in [0.25, 0.3) is 0 Å². The third-order valence-corrected chi connectivity index (χ3v) is 3.83. The summed E-state index contributed by atoms with van der Waals surface area (Å²) in [4.78, 5) is 14.6. The molecule has 1 heterocycles. The van der Waals surface area contributed by atoms with Crippen molar-refractivity contribution in [1.82, 2.24) is 9.47 Å². The number of ketones is 1. The van der Waals surface area contributed by atoms with Crippen LogP contribution in [0, 0.1) is 5.92 Å². The summed E-state index contributed by atoms with van der Waals surface area (Å²) in [6.45, 7) is 1.75. The fraction of sp³-hybridized carbons (Fsp3) is 0.643. The van der Waals surface area contributed by atoms with Gasteiger partial charge in [-0.25, -0.2) is 0 Å². The minimum atomic E-state index is 0.269. The predicted molar refractivity (Wildman–Crippen MR) is 67.1 cm³/mol. The molecule has 0 amide bonds. The summed E-state index contributed by atoms with van der Waals surface area (Å²) in [5.41, 5.74) is 0.839. The van der Waals surface area contributed by atoms with Gasteiger partial charge in [-0.1, -0.05) is 0 Å². The summed E-state index contributed by atoms with van der Waals surface area (Å²) in [6, 6.07) is 4.56. The second-order valence-electron chi connectivity index (χ2n) is 5.53. The molecular weight excluding hydrogens is 212 g/mol. The van der Waals surface area contributed by atoms with Gasteiger partial charge in [0.05, 0.1) is 12.2 Å². The van der Waals surface area contributed by atoms with Gasteiger partial charge in [-0.3, -0.25) is 9.69 Å². The average molecular weight is 232 g/mol. The Balaban J connectivity index is 1.63. The number of carbonyl (C=O) groups excluding carboxylic acids is 1. The highest BCUT2D eigenvalue weighted by Crippen LogP contribution is 2.34. The molecule has 2 fully saturated rings. The monoisotopic (exact) mass is 232 g/mol. The lowest BCUT2D eigenvalue weighted by molar-refractivity contribution is 0.0913. The molecule has 3 rings (SSSR count). The molecule has 2 aliphatic carbocycles. The molecule has 3 heteroatoms. The number of nitrogens with zero attached hydrogens (tertiary/aromatic N) is 2. The standard InChI is InChI=1S/C14H20N2O/c1-15-8-2-3-13(15)14(17)10-16(12-6-7-12)9-11-4-5-11/h2-3,8,11-12H,4-7,9-10H2,1H3. The maximum absolute atomic E-state index is 12.2. The van der Waals surface area contributed by atoms with Crippen molar-refractivity contribution in [2.75, 3.05) is 13.1 Å². The molecule has 2 saturated carbocycles. The molecule has 0 aliphatic heterocycles. The first-order valence-corrected chi connectivity index (χ1v) is 6.62. The zero-order chi connectivity index (χ0) is 11.8. The number of aromatic nitrogens is 1. The van der Waals surface area contributed by atoms with Gasteiger partial charge in [-0.2, -0.15) is 0 Å². The van der Waals surface area contributed by atoms with Crippen molar-refractivity contribution < 1.29 is 4.79 Å². The van der Waals surface area contributed by atoms with E-state index in [0.29, 0.717) is 12.6 Å². The van der Waals surface area contributed by atoms with E-state index in [1.807, 2.05) is 29.9 Å². The predicted octanol–water partition coefficient (Wildman–Crippen LogP) is 2.08. The molecule has 3 nitrogen and oxygen atoms in total. The molecular formula is C14H20N2O. The zero-order valence-corrected chi connectivity index (χ0v) is 10.4. The minimum Gasteiger partial charge on any atom is -0.348 e. The van der Waals surface area contributed by atoms with Crippen LogP contribution in [0.3, 0.4) is 0 Å². The number of aryl methyl sites for hydroxylation is 1. The molecule has 0 bridgehead atoms. The molecule has 0 unspecified atom stereocenters. The highest BCUT2D eigenvalue weighted by atomic mass is 16.1. The molecule has 1 aromatic heterocycles. The lowest BCUT2D eigenvalue weighted by Gasteiger charge is -2.20. The van der Waals surface area contributed by atoms with Gasteiger partial charge in [0.25, 0.3) is 0 Å². The summed E-state index contributed by atoms with van der Waals surface area (Å²) >= 11 is 0. The van der Waals surface area contributed by atoms with Gasteiger partial charge >= 0.3 is 0 Å². The minimum absolute atomic E-state index is 0.269. The number of carbonyl (C=O) groups is 1. The van der Waals surface area contributed by atoms with E-state index in [9.17, 15) is 4.79 Å². The van der Waals surface area contributed by atoms with E-state index >= 15 is 0 Å². The highest BCUT2D eigenvalue weighted by molar-refractivity contribution is 5.96. The second-order valence-corrected chi connectivity index (χ2v) is 5.53. The maximum Gasteiger partial charge on any atom is 0.193 e. The fourth-order valence-corrected chi connectivity index (χ4v) is 2.43. The molecule has 0 spiro atoms. The van der Waals surface area contributed by atoms with Crippen LogP contribution in [0.5, 0.6) is 0 Å². The second kappa shape index (κ2) is 4.30. The Morgan fingerprint density at radius 2 is 2.18 bits per heavy atom. The Morgan fingerprint density at radius 1 is 1.41 bits per heavy atom. The SMILES string of the molecule is Cn1cccc1C(=O)CN(CC1CC1)C1CC1. The summed E-state index contributed by atoms with van der Waals surface area (Å²) in [7, 11) is 1.94. The molecule has 0 aromatic carbocycles. The third kappa shape index (κ3) is 2.60. The summed E-state index contributed by atoms with van der Waals surface area (Å²) in [5.74, 6) is 1.14. The molecule has 17 heavy (non-hydrogen) atoms. The van der Waals surface area contributed by atoms with Gasteiger partial charge < -0.3 is 4.57 Å². The molecule has 1 aromatic rings. The van der Waals surface area contributed by atoms with Crippen molar-refractivity contribution in [3.63, 3.8) is 0 Å². The van der Waals surface area contributed by atoms with E-state index in [0.717, 1.165) is 18.2 Å². The largest absolute Gasteiger partial charge is 0.348 e. The van der Waals surface area contributed by atoms with Crippen LogP contribution in [0.2, 0.25) is 0 Å². The van der Waals surface area contributed by atoms with Gasteiger partial charge in [-0.15, -0.1) is 0 Å². The van der Waals surface area contributed by atoms with Crippen LogP contribution in [0.4, 0.5) is 0 Å². The summed E-state index contributed by atoms with van der Waals surface area (Å²) < 4.78 is 1.92. The Kier molecular flexibility index (Phi) is 2.79. The van der Waals surface area contributed by atoms with Gasteiger partial charge in [0.1, 0.15) is 0 Å². The highest BCUT2D eigenvalue weighted by Gasteiger charge is 2.34. The average Bonchev–Trinajstić information content (AvgIpc) is 3.17. The smallest absolute Gasteiger partial charge is 0.193 e. The molecule has 0 atom stereocenters. The lowest BCUT2D eigenvalue weighted by atomic mass is 10.2. The van der Waals surface area contributed by atoms with Gasteiger partial charge in [0.2, 0.25) is 0 Å². The Labute approximate surface area is 102 Å². The van der Waals surface area contributed by atoms with Crippen molar-refractivity contribution in [2.24, 2.45) is 13.0 Å². The molecule has 92 valence electrons. The molecule has 0 saturated heterocycles. The van der Waals surface area contributed by atoms with E-state index in [1.54, 1.807) is 0 Å². The van der Waals surface area contributed by atoms with Crippen LogP contribution in [-0.2, 0) is 7.05 Å². The fourth-order valence-electron chi connectivity index (χ4n) is 2.43. The Bertz CT molecular complexity index is 416. The van der Waals surface area contributed by atoms with Crippen molar-refractivity contribution in [1.29, 1.82) is 0 Å².